The molecule has 3 aromatic rings. The number of thioether (sulfide) groups is 1. The van der Waals surface area contributed by atoms with E-state index in [0.717, 1.165) is 4.31 Å². The van der Waals surface area contributed by atoms with Crippen molar-refractivity contribution < 1.29 is 17.9 Å². The number of carbonyl (C=O) groups is 1. The molecule has 7 nitrogen and oxygen atoms in total. The average Bonchev–Trinajstić information content (AvgIpc) is 3.19. The number of amides is 1. The molecule has 0 spiro atoms. The summed E-state index contributed by atoms with van der Waals surface area (Å²) in [4.78, 5) is 19.8. The Bertz CT molecular complexity index is 1320. The summed E-state index contributed by atoms with van der Waals surface area (Å²) in [6.45, 7) is 2.52. The second-order valence-electron chi connectivity index (χ2n) is 7.97. The average molecular weight is 496 g/mol. The van der Waals surface area contributed by atoms with Crippen molar-refractivity contribution in [3.05, 3.63) is 84.4 Å². The third-order valence-corrected chi connectivity index (χ3v) is 7.99. The van der Waals surface area contributed by atoms with Crippen LogP contribution in [0.4, 0.5) is 5.69 Å². The van der Waals surface area contributed by atoms with Gasteiger partial charge < -0.3 is 4.74 Å². The van der Waals surface area contributed by atoms with Crippen LogP contribution in [0.15, 0.2) is 88.8 Å². The molecule has 1 amide bonds. The van der Waals surface area contributed by atoms with Crippen LogP contribution in [0.2, 0.25) is 0 Å². The Hall–Kier alpha value is -3.14. The molecule has 0 saturated carbocycles. The smallest absolute Gasteiger partial charge is 0.260 e. The zero-order valence-corrected chi connectivity index (χ0v) is 20.7. The number of carbonyl (C=O) groups excluding carboxylic acids is 1. The first-order valence-electron chi connectivity index (χ1n) is 10.7. The van der Waals surface area contributed by atoms with E-state index in [4.69, 9.17) is 4.74 Å². The first kappa shape index (κ1) is 24.0. The topological polar surface area (TPSA) is 79.3 Å². The van der Waals surface area contributed by atoms with Crippen molar-refractivity contribution in [3.8, 4) is 11.5 Å². The summed E-state index contributed by atoms with van der Waals surface area (Å²) in [5.74, 6) is 1.07. The molecular formula is C25H25N3O4S2. The van der Waals surface area contributed by atoms with E-state index in [1.807, 2.05) is 37.3 Å². The van der Waals surface area contributed by atoms with Gasteiger partial charge in [0.05, 0.1) is 10.6 Å². The predicted octanol–water partition coefficient (Wildman–Crippen LogP) is 4.99. The molecular weight excluding hydrogens is 470 g/mol. The van der Waals surface area contributed by atoms with E-state index in [1.165, 1.54) is 38.0 Å². The molecule has 1 saturated heterocycles. The molecule has 4 rings (SSSR count). The summed E-state index contributed by atoms with van der Waals surface area (Å²) in [5.41, 5.74) is 0.957. The Balaban J connectivity index is 1.60. The number of benzene rings is 3. The zero-order valence-electron chi connectivity index (χ0n) is 19.1. The lowest BCUT2D eigenvalue weighted by Gasteiger charge is -2.17. The van der Waals surface area contributed by atoms with Crippen molar-refractivity contribution in [2.75, 3.05) is 20.6 Å². The summed E-state index contributed by atoms with van der Waals surface area (Å²) in [7, 11) is -0.615. The molecule has 1 fully saturated rings. The van der Waals surface area contributed by atoms with Crippen LogP contribution in [0.3, 0.4) is 0 Å². The SMILES string of the molecule is CC1CN(C(=O)c2cccc(Oc3ccccc3)c2)C(=Nc2cccc(S(=O)(=O)N(C)C)c2)S1. The van der Waals surface area contributed by atoms with Gasteiger partial charge in [0.25, 0.3) is 5.91 Å². The predicted molar refractivity (Wildman–Crippen MR) is 135 cm³/mol. The summed E-state index contributed by atoms with van der Waals surface area (Å²) in [6, 6.07) is 22.8. The fourth-order valence-corrected chi connectivity index (χ4v) is 5.35. The number of ether oxygens (including phenoxy) is 1. The van der Waals surface area contributed by atoms with Gasteiger partial charge >= 0.3 is 0 Å². The molecule has 0 radical (unpaired) electrons. The first-order chi connectivity index (χ1) is 16.2. The number of rotatable bonds is 6. The lowest BCUT2D eigenvalue weighted by Crippen LogP contribution is -2.32. The molecule has 1 aliphatic heterocycles. The maximum absolute atomic E-state index is 13.4. The standard InChI is InChI=1S/C25H25N3O4S2/c1-18-17-28(24(29)19-9-7-13-22(15-19)32-21-11-5-4-6-12-21)25(33-18)26-20-10-8-14-23(16-20)34(30,31)27(2)3/h4-16,18H,17H2,1-3H3. The van der Waals surface area contributed by atoms with E-state index in [1.54, 1.807) is 41.3 Å². The Labute approximate surface area is 204 Å². The zero-order chi connectivity index (χ0) is 24.3. The molecule has 1 unspecified atom stereocenters. The van der Waals surface area contributed by atoms with Crippen LogP contribution in [0, 0.1) is 0 Å². The Kier molecular flexibility index (Phi) is 7.06. The van der Waals surface area contributed by atoms with E-state index in [9.17, 15) is 13.2 Å². The quantitative estimate of drug-likeness (QED) is 0.481. The van der Waals surface area contributed by atoms with Crippen molar-refractivity contribution in [2.45, 2.75) is 17.1 Å². The first-order valence-corrected chi connectivity index (χ1v) is 13.0. The van der Waals surface area contributed by atoms with Gasteiger partial charge in [-0.1, -0.05) is 49.0 Å². The third kappa shape index (κ3) is 5.32. The van der Waals surface area contributed by atoms with Crippen molar-refractivity contribution in [2.24, 2.45) is 4.99 Å². The largest absolute Gasteiger partial charge is 0.457 e. The van der Waals surface area contributed by atoms with Crippen LogP contribution < -0.4 is 4.74 Å². The van der Waals surface area contributed by atoms with Crippen LogP contribution in [0.5, 0.6) is 11.5 Å². The molecule has 1 atom stereocenters. The van der Waals surface area contributed by atoms with Crippen LogP contribution in [0.1, 0.15) is 17.3 Å². The van der Waals surface area contributed by atoms with E-state index < -0.39 is 10.0 Å². The molecule has 34 heavy (non-hydrogen) atoms. The Morgan fingerprint density at radius 2 is 1.71 bits per heavy atom. The third-order valence-electron chi connectivity index (χ3n) is 5.10. The van der Waals surface area contributed by atoms with Gasteiger partial charge in [0, 0.05) is 31.5 Å². The molecule has 0 aliphatic carbocycles. The monoisotopic (exact) mass is 495 g/mol. The van der Waals surface area contributed by atoms with E-state index >= 15 is 0 Å². The number of para-hydroxylation sites is 1. The minimum absolute atomic E-state index is 0.152. The van der Waals surface area contributed by atoms with Crippen molar-refractivity contribution in [3.63, 3.8) is 0 Å². The summed E-state index contributed by atoms with van der Waals surface area (Å²) in [5, 5.41) is 0.687. The van der Waals surface area contributed by atoms with Gasteiger partial charge in [0.15, 0.2) is 5.17 Å². The maximum atomic E-state index is 13.4. The van der Waals surface area contributed by atoms with Crippen LogP contribution >= 0.6 is 11.8 Å². The second-order valence-corrected chi connectivity index (χ2v) is 11.5. The maximum Gasteiger partial charge on any atom is 0.260 e. The number of hydrogen-bond donors (Lipinski definition) is 0. The van der Waals surface area contributed by atoms with Gasteiger partial charge in [0.2, 0.25) is 10.0 Å². The molecule has 0 aromatic heterocycles. The lowest BCUT2D eigenvalue weighted by atomic mass is 10.2. The molecule has 0 bridgehead atoms. The number of hydrogen-bond acceptors (Lipinski definition) is 6. The van der Waals surface area contributed by atoms with Gasteiger partial charge in [-0.25, -0.2) is 17.7 Å². The van der Waals surface area contributed by atoms with Crippen LogP contribution in [-0.4, -0.2) is 54.6 Å². The summed E-state index contributed by atoms with van der Waals surface area (Å²) in [6.07, 6.45) is 0. The van der Waals surface area contributed by atoms with Gasteiger partial charge in [-0.15, -0.1) is 0 Å². The molecule has 1 heterocycles. The van der Waals surface area contributed by atoms with Gasteiger partial charge in [-0.2, -0.15) is 0 Å². The lowest BCUT2D eigenvalue weighted by molar-refractivity contribution is 0.0855. The van der Waals surface area contributed by atoms with Crippen molar-refractivity contribution in [1.82, 2.24) is 9.21 Å². The second kappa shape index (κ2) is 10.0. The van der Waals surface area contributed by atoms with Crippen LogP contribution in [-0.2, 0) is 10.0 Å². The Morgan fingerprint density at radius 3 is 2.44 bits per heavy atom. The Morgan fingerprint density at radius 1 is 1.00 bits per heavy atom. The summed E-state index contributed by atoms with van der Waals surface area (Å²) >= 11 is 1.48. The van der Waals surface area contributed by atoms with E-state index in [0.29, 0.717) is 34.5 Å². The highest BCUT2D eigenvalue weighted by Crippen LogP contribution is 2.31. The van der Waals surface area contributed by atoms with Gasteiger partial charge in [0.1, 0.15) is 11.5 Å². The molecule has 1 aliphatic rings. The molecule has 0 N–H and O–H groups in total. The fourth-order valence-electron chi connectivity index (χ4n) is 3.38. The number of aliphatic imine (C=N–C) groups is 1. The van der Waals surface area contributed by atoms with Gasteiger partial charge in [-0.05, 0) is 48.5 Å². The number of nitrogens with zero attached hydrogens (tertiary/aromatic N) is 3. The number of sulfonamides is 1. The number of amidine groups is 1. The van der Waals surface area contributed by atoms with Crippen molar-refractivity contribution >= 4 is 38.5 Å². The van der Waals surface area contributed by atoms with Gasteiger partial charge in [-0.3, -0.25) is 9.69 Å². The minimum atomic E-state index is -3.58. The van der Waals surface area contributed by atoms with E-state index in [2.05, 4.69) is 4.99 Å². The molecule has 9 heteroatoms. The molecule has 176 valence electrons. The fraction of sp³-hybridized carbons (Fsp3) is 0.200. The van der Waals surface area contributed by atoms with E-state index in [-0.39, 0.29) is 16.1 Å². The highest BCUT2D eigenvalue weighted by Gasteiger charge is 2.31. The summed E-state index contributed by atoms with van der Waals surface area (Å²) < 4.78 is 32.0. The normalized spacial score (nSPS) is 17.4. The molecule has 3 aromatic carbocycles. The van der Waals surface area contributed by atoms with Crippen LogP contribution in [0.25, 0.3) is 0 Å². The highest BCUT2D eigenvalue weighted by molar-refractivity contribution is 8.14. The minimum Gasteiger partial charge on any atom is -0.457 e. The van der Waals surface area contributed by atoms with Crippen molar-refractivity contribution in [1.29, 1.82) is 0 Å². The highest BCUT2D eigenvalue weighted by atomic mass is 32.2.